The first-order chi connectivity index (χ1) is 15.0. The van der Waals surface area contributed by atoms with Crippen molar-refractivity contribution in [2.75, 3.05) is 5.32 Å². The molecule has 0 aliphatic heterocycles. The van der Waals surface area contributed by atoms with E-state index in [4.69, 9.17) is 20.8 Å². The van der Waals surface area contributed by atoms with Gasteiger partial charge in [-0.15, -0.1) is 0 Å². The molecule has 4 rings (SSSR count). The average Bonchev–Trinajstić information content (AvgIpc) is 3.37. The lowest BCUT2D eigenvalue weighted by atomic mass is 10.2. The van der Waals surface area contributed by atoms with Crippen molar-refractivity contribution in [2.45, 2.75) is 20.1 Å². The quantitative estimate of drug-likeness (QED) is 0.415. The first-order valence-corrected chi connectivity index (χ1v) is 9.91. The number of anilines is 1. The minimum Gasteiger partial charge on any atom is -0.484 e. The molecular formula is C23H19ClFN3O3. The van der Waals surface area contributed by atoms with Gasteiger partial charge in [-0.2, -0.15) is 5.10 Å². The summed E-state index contributed by atoms with van der Waals surface area (Å²) >= 11 is 6.16. The highest BCUT2D eigenvalue weighted by Gasteiger charge is 2.14. The molecule has 0 aliphatic rings. The molecule has 0 saturated carbocycles. The third-order valence-corrected chi connectivity index (χ3v) is 4.82. The van der Waals surface area contributed by atoms with Crippen molar-refractivity contribution < 1.29 is 18.3 Å². The van der Waals surface area contributed by atoms with E-state index >= 15 is 0 Å². The van der Waals surface area contributed by atoms with Crippen LogP contribution in [0.15, 0.2) is 71.3 Å². The molecule has 0 fully saturated rings. The Kier molecular flexibility index (Phi) is 6.04. The maximum absolute atomic E-state index is 13.3. The molecule has 2 heterocycles. The number of nitrogens with one attached hydrogen (secondary N) is 1. The topological polar surface area (TPSA) is 69.3 Å². The molecule has 0 saturated heterocycles. The maximum Gasteiger partial charge on any atom is 0.292 e. The first kappa shape index (κ1) is 20.7. The second-order valence-electron chi connectivity index (χ2n) is 6.92. The van der Waals surface area contributed by atoms with Crippen LogP contribution in [0.4, 0.5) is 10.2 Å². The largest absolute Gasteiger partial charge is 0.484 e. The number of halogens is 2. The van der Waals surface area contributed by atoms with E-state index in [0.29, 0.717) is 28.9 Å². The van der Waals surface area contributed by atoms with Gasteiger partial charge in [0.25, 0.3) is 5.91 Å². The summed E-state index contributed by atoms with van der Waals surface area (Å²) in [4.78, 5) is 12.5. The fraction of sp³-hybridized carbons (Fsp3) is 0.130. The summed E-state index contributed by atoms with van der Waals surface area (Å²) in [6.45, 7) is 2.42. The lowest BCUT2D eigenvalue weighted by Crippen LogP contribution is -2.12. The van der Waals surface area contributed by atoms with Gasteiger partial charge in [-0.25, -0.2) is 4.39 Å². The lowest BCUT2D eigenvalue weighted by molar-refractivity contribution is 0.0992. The molecule has 2 aromatic heterocycles. The van der Waals surface area contributed by atoms with E-state index < -0.39 is 5.91 Å². The van der Waals surface area contributed by atoms with E-state index in [9.17, 15) is 9.18 Å². The van der Waals surface area contributed by atoms with E-state index in [0.717, 1.165) is 11.1 Å². The number of hydrogen-bond donors (Lipinski definition) is 1. The predicted molar refractivity (Wildman–Crippen MR) is 115 cm³/mol. The molecule has 0 bridgehead atoms. The van der Waals surface area contributed by atoms with Gasteiger partial charge in [-0.05, 0) is 48.4 Å². The van der Waals surface area contributed by atoms with Crippen LogP contribution in [0, 0.1) is 12.7 Å². The molecule has 2 aromatic carbocycles. The smallest absolute Gasteiger partial charge is 0.292 e. The Bertz CT molecular complexity index is 1200. The van der Waals surface area contributed by atoms with Gasteiger partial charge in [-0.3, -0.25) is 9.48 Å². The first-order valence-electron chi connectivity index (χ1n) is 9.54. The summed E-state index contributed by atoms with van der Waals surface area (Å²) < 4.78 is 26.2. The molecule has 0 unspecified atom stereocenters. The third kappa shape index (κ3) is 5.13. The van der Waals surface area contributed by atoms with E-state index in [1.165, 1.54) is 12.1 Å². The SMILES string of the molecule is Cc1cccc(Cl)c1OCc1ccc(C(=O)Nc2ccn(Cc3cccc(F)c3)n2)o1. The van der Waals surface area contributed by atoms with Crippen molar-refractivity contribution in [3.05, 3.63) is 100 Å². The molecule has 0 spiro atoms. The van der Waals surface area contributed by atoms with Gasteiger partial charge in [0.2, 0.25) is 0 Å². The number of carbonyl (C=O) groups excluding carboxylic acids is 1. The second kappa shape index (κ2) is 9.06. The molecule has 0 aliphatic carbocycles. The summed E-state index contributed by atoms with van der Waals surface area (Å²) in [5, 5.41) is 7.48. The van der Waals surface area contributed by atoms with Crippen molar-refractivity contribution in [2.24, 2.45) is 0 Å². The molecule has 1 amide bonds. The van der Waals surface area contributed by atoms with Crippen LogP contribution >= 0.6 is 11.6 Å². The van der Waals surface area contributed by atoms with Crippen molar-refractivity contribution in [3.8, 4) is 5.75 Å². The van der Waals surface area contributed by atoms with Crippen LogP contribution < -0.4 is 10.1 Å². The van der Waals surface area contributed by atoms with Crippen molar-refractivity contribution in [3.63, 3.8) is 0 Å². The molecule has 31 heavy (non-hydrogen) atoms. The molecule has 0 radical (unpaired) electrons. The highest BCUT2D eigenvalue weighted by atomic mass is 35.5. The lowest BCUT2D eigenvalue weighted by Gasteiger charge is -2.09. The van der Waals surface area contributed by atoms with E-state index in [1.807, 2.05) is 19.1 Å². The van der Waals surface area contributed by atoms with Gasteiger partial charge < -0.3 is 14.5 Å². The predicted octanol–water partition coefficient (Wildman–Crippen LogP) is 5.46. The van der Waals surface area contributed by atoms with Gasteiger partial charge in [0, 0.05) is 12.3 Å². The van der Waals surface area contributed by atoms with Crippen LogP contribution in [0.2, 0.25) is 5.02 Å². The van der Waals surface area contributed by atoms with Gasteiger partial charge in [-0.1, -0.05) is 35.9 Å². The molecule has 4 aromatic rings. The fourth-order valence-corrected chi connectivity index (χ4v) is 3.31. The molecule has 8 heteroatoms. The van der Waals surface area contributed by atoms with E-state index in [2.05, 4.69) is 10.4 Å². The Morgan fingerprint density at radius 2 is 2.03 bits per heavy atom. The van der Waals surface area contributed by atoms with Gasteiger partial charge >= 0.3 is 0 Å². The number of aryl methyl sites for hydroxylation is 1. The Hall–Kier alpha value is -3.58. The highest BCUT2D eigenvalue weighted by molar-refractivity contribution is 6.32. The summed E-state index contributed by atoms with van der Waals surface area (Å²) in [5.74, 6) is 0.824. The van der Waals surface area contributed by atoms with Crippen molar-refractivity contribution in [1.29, 1.82) is 0 Å². The zero-order valence-electron chi connectivity index (χ0n) is 16.6. The van der Waals surface area contributed by atoms with Crippen LogP contribution in [0.5, 0.6) is 5.75 Å². The number of ether oxygens (including phenoxy) is 1. The van der Waals surface area contributed by atoms with Crippen molar-refractivity contribution >= 4 is 23.3 Å². The molecule has 1 N–H and O–H groups in total. The fourth-order valence-electron chi connectivity index (χ4n) is 3.04. The van der Waals surface area contributed by atoms with Crippen LogP contribution in [-0.2, 0) is 13.2 Å². The normalized spacial score (nSPS) is 10.8. The van der Waals surface area contributed by atoms with E-state index in [-0.39, 0.29) is 18.2 Å². The number of hydrogen-bond acceptors (Lipinski definition) is 4. The van der Waals surface area contributed by atoms with Crippen molar-refractivity contribution in [1.82, 2.24) is 9.78 Å². The van der Waals surface area contributed by atoms with Gasteiger partial charge in [0.15, 0.2) is 11.6 Å². The van der Waals surface area contributed by atoms with Crippen LogP contribution in [0.1, 0.15) is 27.4 Å². The number of rotatable bonds is 7. The van der Waals surface area contributed by atoms with Gasteiger partial charge in [0.1, 0.15) is 23.9 Å². The number of carbonyl (C=O) groups is 1. The molecule has 6 nitrogen and oxygen atoms in total. The molecular weight excluding hydrogens is 421 g/mol. The number of benzene rings is 2. The number of furan rings is 1. The number of amides is 1. The summed E-state index contributed by atoms with van der Waals surface area (Å²) in [6, 6.07) is 16.7. The van der Waals surface area contributed by atoms with Crippen LogP contribution in [0.25, 0.3) is 0 Å². The van der Waals surface area contributed by atoms with E-state index in [1.54, 1.807) is 47.3 Å². The summed E-state index contributed by atoms with van der Waals surface area (Å²) in [5.41, 5.74) is 1.68. The van der Waals surface area contributed by atoms with Crippen LogP contribution in [0.3, 0.4) is 0 Å². The maximum atomic E-state index is 13.3. The van der Waals surface area contributed by atoms with Gasteiger partial charge in [0.05, 0.1) is 11.6 Å². The Morgan fingerprint density at radius 1 is 1.19 bits per heavy atom. The minimum atomic E-state index is -0.434. The standard InChI is InChI=1S/C23H19ClFN3O3/c1-15-4-2-7-19(24)22(15)30-14-18-8-9-20(31-18)23(29)26-21-10-11-28(27-21)13-16-5-3-6-17(25)12-16/h2-12H,13-14H2,1H3,(H,26,27,29). The summed E-state index contributed by atoms with van der Waals surface area (Å²) in [7, 11) is 0. The summed E-state index contributed by atoms with van der Waals surface area (Å²) in [6.07, 6.45) is 1.70. The zero-order valence-corrected chi connectivity index (χ0v) is 17.4. The third-order valence-electron chi connectivity index (χ3n) is 4.52. The monoisotopic (exact) mass is 439 g/mol. The Morgan fingerprint density at radius 3 is 2.84 bits per heavy atom. The number of aromatic nitrogens is 2. The number of para-hydroxylation sites is 1. The zero-order chi connectivity index (χ0) is 21.8. The average molecular weight is 440 g/mol. The van der Waals surface area contributed by atoms with Crippen LogP contribution in [-0.4, -0.2) is 15.7 Å². The Balaban J connectivity index is 1.35. The molecule has 0 atom stereocenters. The number of nitrogens with zero attached hydrogens (tertiary/aromatic N) is 2. The minimum absolute atomic E-state index is 0.133. The molecule has 158 valence electrons. The Labute approximate surface area is 183 Å². The highest BCUT2D eigenvalue weighted by Crippen LogP contribution is 2.28. The second-order valence-corrected chi connectivity index (χ2v) is 7.33.